The number of allylic oxidation sites excluding steroid dienone is 2. The van der Waals surface area contributed by atoms with Crippen molar-refractivity contribution in [1.82, 2.24) is 5.32 Å². The fourth-order valence-electron chi connectivity index (χ4n) is 2.99. The minimum Gasteiger partial charge on any atom is -0.505 e. The third-order valence-electron chi connectivity index (χ3n) is 4.67. The lowest BCUT2D eigenvalue weighted by atomic mass is 9.71. The molecule has 2 rings (SSSR count). The monoisotopic (exact) mass is 413 g/mol. The van der Waals surface area contributed by atoms with E-state index in [-0.39, 0.29) is 16.7 Å². The van der Waals surface area contributed by atoms with E-state index in [4.69, 9.17) is 10.5 Å². The van der Waals surface area contributed by atoms with Crippen LogP contribution in [0.2, 0.25) is 0 Å². The minimum atomic E-state index is -2.27. The van der Waals surface area contributed by atoms with Crippen LogP contribution < -0.4 is 5.32 Å². The van der Waals surface area contributed by atoms with Crippen LogP contribution in [0.15, 0.2) is 47.4 Å². The second kappa shape index (κ2) is 8.54. The first-order chi connectivity index (χ1) is 14.5. The Balaban J connectivity index is 2.65. The van der Waals surface area contributed by atoms with Crippen molar-refractivity contribution >= 4 is 11.6 Å². The Hall–Kier alpha value is -4.40. The summed E-state index contributed by atoms with van der Waals surface area (Å²) in [6, 6.07) is 12.6. The van der Waals surface area contributed by atoms with Crippen molar-refractivity contribution in [3.8, 4) is 24.3 Å². The molecule has 8 nitrogen and oxygen atoms in total. The topological polar surface area (TPSA) is 162 Å². The number of aliphatic hydroxyl groups is 1. The van der Waals surface area contributed by atoms with E-state index < -0.39 is 34.2 Å². The standard InChI is InChI=1S/C23H19N5O3/c1-22(2,3)13-28-17-8-18(29)21(31)19(20(17)30)23(11-26,12-27)16-6-4-14(5-7-16)15(9-24)10-25/h4-8,15,28,30H,13H2,1-3H3. The molecule has 1 aliphatic carbocycles. The van der Waals surface area contributed by atoms with Gasteiger partial charge in [0.1, 0.15) is 5.76 Å². The number of benzene rings is 1. The molecule has 0 radical (unpaired) electrons. The van der Waals surface area contributed by atoms with Gasteiger partial charge in [0.2, 0.25) is 17.0 Å². The second-order valence-electron chi connectivity index (χ2n) is 8.18. The van der Waals surface area contributed by atoms with Gasteiger partial charge in [-0.05, 0) is 16.5 Å². The highest BCUT2D eigenvalue weighted by atomic mass is 16.3. The van der Waals surface area contributed by atoms with Crippen LogP contribution in [0.5, 0.6) is 0 Å². The van der Waals surface area contributed by atoms with E-state index in [0.717, 1.165) is 6.08 Å². The molecule has 0 fully saturated rings. The summed E-state index contributed by atoms with van der Waals surface area (Å²) in [4.78, 5) is 25.0. The zero-order valence-electron chi connectivity index (χ0n) is 17.2. The molecular formula is C23H19N5O3. The van der Waals surface area contributed by atoms with Crippen molar-refractivity contribution in [3.05, 3.63) is 58.5 Å². The SMILES string of the molecule is CC(C)(C)CNC1=CC(=O)C(=O)C(C(C#N)(C#N)c2ccc(C(C#N)C#N)cc2)=C1O. The molecule has 1 aromatic rings. The van der Waals surface area contributed by atoms with Gasteiger partial charge < -0.3 is 10.4 Å². The fourth-order valence-corrected chi connectivity index (χ4v) is 2.99. The molecule has 0 spiro atoms. The third-order valence-corrected chi connectivity index (χ3v) is 4.67. The Morgan fingerprint density at radius 1 is 1.00 bits per heavy atom. The quantitative estimate of drug-likeness (QED) is 0.550. The molecule has 8 heteroatoms. The number of rotatable bonds is 5. The van der Waals surface area contributed by atoms with E-state index in [1.165, 1.54) is 24.3 Å². The maximum absolute atomic E-state index is 12.7. The van der Waals surface area contributed by atoms with Crippen LogP contribution >= 0.6 is 0 Å². The van der Waals surface area contributed by atoms with E-state index in [2.05, 4.69) is 5.32 Å². The summed E-state index contributed by atoms with van der Waals surface area (Å²) < 4.78 is 0. The van der Waals surface area contributed by atoms with Crippen LogP contribution in [-0.4, -0.2) is 23.2 Å². The fraction of sp³-hybridized carbons (Fsp3) is 0.304. The molecule has 0 bridgehead atoms. The molecule has 1 aliphatic rings. The molecule has 0 saturated heterocycles. The van der Waals surface area contributed by atoms with Gasteiger partial charge in [0, 0.05) is 12.6 Å². The molecule has 0 saturated carbocycles. The number of Topliss-reactive ketones (excluding diaryl/α,β-unsaturated/α-hetero) is 1. The molecule has 0 heterocycles. The smallest absolute Gasteiger partial charge is 0.235 e. The number of nitrogens with one attached hydrogen (secondary N) is 1. The maximum Gasteiger partial charge on any atom is 0.235 e. The Morgan fingerprint density at radius 3 is 2.00 bits per heavy atom. The van der Waals surface area contributed by atoms with Crippen molar-refractivity contribution in [2.75, 3.05) is 6.54 Å². The lowest BCUT2D eigenvalue weighted by Gasteiger charge is -2.27. The van der Waals surface area contributed by atoms with Gasteiger partial charge in [0.25, 0.3) is 0 Å². The molecule has 31 heavy (non-hydrogen) atoms. The molecule has 0 aromatic heterocycles. The molecule has 0 amide bonds. The zero-order valence-corrected chi connectivity index (χ0v) is 17.2. The average molecular weight is 413 g/mol. The summed E-state index contributed by atoms with van der Waals surface area (Å²) in [7, 11) is 0. The van der Waals surface area contributed by atoms with Crippen molar-refractivity contribution in [2.24, 2.45) is 5.41 Å². The van der Waals surface area contributed by atoms with E-state index in [0.29, 0.717) is 12.1 Å². The van der Waals surface area contributed by atoms with Gasteiger partial charge in [-0.1, -0.05) is 45.0 Å². The minimum absolute atomic E-state index is 0.0238. The van der Waals surface area contributed by atoms with Gasteiger partial charge in [-0.15, -0.1) is 0 Å². The van der Waals surface area contributed by atoms with Crippen LogP contribution in [-0.2, 0) is 15.0 Å². The first-order valence-corrected chi connectivity index (χ1v) is 9.25. The van der Waals surface area contributed by atoms with Crippen molar-refractivity contribution in [3.63, 3.8) is 0 Å². The van der Waals surface area contributed by atoms with Crippen LogP contribution in [0.3, 0.4) is 0 Å². The zero-order chi connectivity index (χ0) is 23.4. The van der Waals surface area contributed by atoms with Crippen LogP contribution in [0.4, 0.5) is 0 Å². The van der Waals surface area contributed by atoms with Gasteiger partial charge in [-0.25, -0.2) is 0 Å². The predicted octanol–water partition coefficient (Wildman–Crippen LogP) is 2.59. The van der Waals surface area contributed by atoms with E-state index in [1.54, 1.807) is 12.1 Å². The van der Waals surface area contributed by atoms with E-state index in [9.17, 15) is 25.2 Å². The van der Waals surface area contributed by atoms with Crippen molar-refractivity contribution < 1.29 is 14.7 Å². The number of carbonyl (C=O) groups excluding carboxylic acids is 2. The van der Waals surface area contributed by atoms with Gasteiger partial charge in [0.05, 0.1) is 35.5 Å². The average Bonchev–Trinajstić information content (AvgIpc) is 2.74. The second-order valence-corrected chi connectivity index (χ2v) is 8.18. The largest absolute Gasteiger partial charge is 0.505 e. The van der Waals surface area contributed by atoms with Crippen LogP contribution in [0.25, 0.3) is 0 Å². The highest BCUT2D eigenvalue weighted by Crippen LogP contribution is 2.37. The first-order valence-electron chi connectivity index (χ1n) is 9.25. The number of aliphatic hydroxyl groups excluding tert-OH is 1. The molecule has 0 atom stereocenters. The number of hydrogen-bond acceptors (Lipinski definition) is 8. The Labute approximate surface area is 179 Å². The van der Waals surface area contributed by atoms with E-state index in [1.807, 2.05) is 32.9 Å². The maximum atomic E-state index is 12.7. The van der Waals surface area contributed by atoms with Gasteiger partial charge in [-0.2, -0.15) is 21.0 Å². The molecule has 2 N–H and O–H groups in total. The number of nitriles is 4. The highest BCUT2D eigenvalue weighted by Gasteiger charge is 2.47. The van der Waals surface area contributed by atoms with Crippen LogP contribution in [0.1, 0.15) is 37.8 Å². The molecule has 0 unspecified atom stereocenters. The number of carbonyl (C=O) groups is 2. The van der Waals surface area contributed by atoms with E-state index >= 15 is 0 Å². The normalized spacial score (nSPS) is 14.3. The molecule has 1 aromatic carbocycles. The summed E-state index contributed by atoms with van der Waals surface area (Å²) in [5.74, 6) is -3.81. The highest BCUT2D eigenvalue weighted by molar-refractivity contribution is 6.49. The van der Waals surface area contributed by atoms with Crippen molar-refractivity contribution in [2.45, 2.75) is 32.1 Å². The Kier molecular flexibility index (Phi) is 6.30. The summed E-state index contributed by atoms with van der Waals surface area (Å²) in [6.45, 7) is 6.11. The number of hydrogen-bond donors (Lipinski definition) is 2. The summed E-state index contributed by atoms with van der Waals surface area (Å²) >= 11 is 0. The van der Waals surface area contributed by atoms with Gasteiger partial charge in [0.15, 0.2) is 5.92 Å². The summed E-state index contributed by atoms with van der Waals surface area (Å²) in [6.07, 6.45) is 0.944. The number of nitrogens with zero attached hydrogens (tertiary/aromatic N) is 4. The first kappa shape index (κ1) is 22.9. The molecular weight excluding hydrogens is 394 g/mol. The summed E-state index contributed by atoms with van der Waals surface area (Å²) in [5.41, 5.74) is -2.80. The Bertz CT molecular complexity index is 1130. The lowest BCUT2D eigenvalue weighted by Crippen LogP contribution is -2.39. The molecule has 0 aliphatic heterocycles. The van der Waals surface area contributed by atoms with Gasteiger partial charge >= 0.3 is 0 Å². The molecule has 154 valence electrons. The third kappa shape index (κ3) is 4.30. The predicted molar refractivity (Wildman–Crippen MR) is 109 cm³/mol. The van der Waals surface area contributed by atoms with Crippen LogP contribution in [0, 0.1) is 50.7 Å². The lowest BCUT2D eigenvalue weighted by molar-refractivity contribution is -0.132. The Morgan fingerprint density at radius 2 is 1.55 bits per heavy atom. The van der Waals surface area contributed by atoms with Crippen molar-refractivity contribution in [1.29, 1.82) is 21.0 Å². The summed E-state index contributed by atoms with van der Waals surface area (Å²) in [5, 5.41) is 51.5. The number of ketones is 2. The van der Waals surface area contributed by atoms with Gasteiger partial charge in [-0.3, -0.25) is 9.59 Å².